The highest BCUT2D eigenvalue weighted by atomic mass is 16.5. The molecular weight excluding hydrogens is 392 g/mol. The van der Waals surface area contributed by atoms with Crippen LogP contribution in [0.3, 0.4) is 0 Å². The number of Topliss-reactive ketones (excluding diaryl/α,β-unsaturated/α-hetero) is 1. The molecular formula is C26H34O5. The van der Waals surface area contributed by atoms with E-state index in [0.29, 0.717) is 17.7 Å². The van der Waals surface area contributed by atoms with Gasteiger partial charge in [-0.2, -0.15) is 0 Å². The highest BCUT2D eigenvalue weighted by Crippen LogP contribution is 2.45. The van der Waals surface area contributed by atoms with E-state index < -0.39 is 6.10 Å². The average Bonchev–Trinajstić information content (AvgIpc) is 2.74. The molecule has 2 aromatic carbocycles. The number of aromatic hydroxyl groups is 3. The molecule has 0 bridgehead atoms. The maximum Gasteiger partial charge on any atom is 0.174 e. The van der Waals surface area contributed by atoms with Crippen molar-refractivity contribution in [2.45, 2.75) is 83.7 Å². The van der Waals surface area contributed by atoms with Crippen LogP contribution in [0.1, 0.15) is 98.7 Å². The summed E-state index contributed by atoms with van der Waals surface area (Å²) in [4.78, 5) is 12.8. The van der Waals surface area contributed by atoms with Gasteiger partial charge in [0, 0.05) is 11.6 Å². The van der Waals surface area contributed by atoms with E-state index in [1.54, 1.807) is 24.3 Å². The molecule has 1 atom stereocenters. The summed E-state index contributed by atoms with van der Waals surface area (Å²) in [6.07, 6.45) is 11.0. The van der Waals surface area contributed by atoms with Gasteiger partial charge in [0.15, 0.2) is 5.78 Å². The Kier molecular flexibility index (Phi) is 8.21. The zero-order chi connectivity index (χ0) is 22.2. The SMILES string of the molecule is CCCCCCCCCCCc1c(O)cc(O)c2c1O[C@H](c1ccc(O)cc1)CC2=O. The van der Waals surface area contributed by atoms with E-state index in [4.69, 9.17) is 4.74 Å². The molecule has 5 nitrogen and oxygen atoms in total. The van der Waals surface area contributed by atoms with Crippen LogP contribution in [0, 0.1) is 0 Å². The Balaban J connectivity index is 1.65. The summed E-state index contributed by atoms with van der Waals surface area (Å²) in [5, 5.41) is 30.2. The highest BCUT2D eigenvalue weighted by Gasteiger charge is 2.33. The third-order valence-electron chi connectivity index (χ3n) is 6.04. The first-order chi connectivity index (χ1) is 15.0. The van der Waals surface area contributed by atoms with Gasteiger partial charge >= 0.3 is 0 Å². The predicted octanol–water partition coefficient (Wildman–Crippen LogP) is 6.58. The monoisotopic (exact) mass is 426 g/mol. The number of hydrogen-bond acceptors (Lipinski definition) is 5. The molecule has 0 saturated heterocycles. The Hall–Kier alpha value is -2.69. The first kappa shape index (κ1) is 23.0. The number of ether oxygens (including phenoxy) is 1. The first-order valence-corrected chi connectivity index (χ1v) is 11.6. The van der Waals surface area contributed by atoms with Crippen LogP contribution in [0.5, 0.6) is 23.0 Å². The van der Waals surface area contributed by atoms with E-state index in [1.165, 1.54) is 44.6 Å². The van der Waals surface area contributed by atoms with Crippen molar-refractivity contribution in [2.75, 3.05) is 0 Å². The van der Waals surface area contributed by atoms with E-state index in [2.05, 4.69) is 6.92 Å². The van der Waals surface area contributed by atoms with Crippen LogP contribution < -0.4 is 4.74 Å². The van der Waals surface area contributed by atoms with Crippen LogP contribution >= 0.6 is 0 Å². The van der Waals surface area contributed by atoms with Gasteiger partial charge in [0.05, 0.1) is 6.42 Å². The summed E-state index contributed by atoms with van der Waals surface area (Å²) in [6, 6.07) is 7.82. The van der Waals surface area contributed by atoms with E-state index >= 15 is 0 Å². The Morgan fingerprint density at radius 3 is 2.13 bits per heavy atom. The number of fused-ring (bicyclic) bond motifs is 1. The standard InChI is InChI=1S/C26H34O5/c1-2-3-4-5-6-7-8-9-10-11-20-21(28)16-22(29)25-23(30)17-24(31-26(20)25)18-12-14-19(27)15-13-18/h12-16,24,27-29H,2-11,17H2,1H3/t24-/m0/s1. The number of rotatable bonds is 11. The molecule has 3 rings (SSSR count). The van der Waals surface area contributed by atoms with E-state index in [9.17, 15) is 20.1 Å². The van der Waals surface area contributed by atoms with Crippen molar-refractivity contribution in [3.8, 4) is 23.0 Å². The minimum atomic E-state index is -0.510. The Morgan fingerprint density at radius 2 is 1.48 bits per heavy atom. The number of carbonyl (C=O) groups excluding carboxylic acids is 1. The molecule has 1 heterocycles. The minimum Gasteiger partial charge on any atom is -0.508 e. The predicted molar refractivity (Wildman–Crippen MR) is 121 cm³/mol. The van der Waals surface area contributed by atoms with Crippen molar-refractivity contribution in [1.82, 2.24) is 0 Å². The van der Waals surface area contributed by atoms with Crippen LogP contribution in [0.2, 0.25) is 0 Å². The zero-order valence-electron chi connectivity index (χ0n) is 18.4. The Labute approximate surface area is 184 Å². The average molecular weight is 427 g/mol. The fraction of sp³-hybridized carbons (Fsp3) is 0.500. The number of carbonyl (C=O) groups is 1. The van der Waals surface area contributed by atoms with Crippen molar-refractivity contribution < 1.29 is 24.9 Å². The van der Waals surface area contributed by atoms with E-state index in [-0.39, 0.29) is 35.0 Å². The van der Waals surface area contributed by atoms with Crippen LogP contribution in [-0.4, -0.2) is 21.1 Å². The molecule has 31 heavy (non-hydrogen) atoms. The van der Waals surface area contributed by atoms with Gasteiger partial charge in [-0.1, -0.05) is 70.4 Å². The summed E-state index contributed by atoms with van der Waals surface area (Å²) < 4.78 is 6.13. The lowest BCUT2D eigenvalue weighted by molar-refractivity contribution is 0.0842. The minimum absolute atomic E-state index is 0.0324. The van der Waals surface area contributed by atoms with Gasteiger partial charge in [-0.25, -0.2) is 0 Å². The summed E-state index contributed by atoms with van der Waals surface area (Å²) in [5.41, 5.74) is 1.53. The van der Waals surface area contributed by atoms with Crippen molar-refractivity contribution >= 4 is 5.78 Å². The molecule has 0 amide bonds. The van der Waals surface area contributed by atoms with Gasteiger partial charge in [-0.15, -0.1) is 0 Å². The number of benzene rings is 2. The number of ketones is 1. The van der Waals surface area contributed by atoms with Crippen LogP contribution in [0.15, 0.2) is 30.3 Å². The fourth-order valence-corrected chi connectivity index (χ4v) is 4.26. The van der Waals surface area contributed by atoms with Crippen molar-refractivity contribution in [3.05, 3.63) is 47.0 Å². The summed E-state index contributed by atoms with van der Waals surface area (Å²) in [6.45, 7) is 2.22. The topological polar surface area (TPSA) is 87.0 Å². The third kappa shape index (κ3) is 5.93. The lowest BCUT2D eigenvalue weighted by Crippen LogP contribution is -2.21. The Morgan fingerprint density at radius 1 is 0.871 bits per heavy atom. The van der Waals surface area contributed by atoms with Crippen LogP contribution in [0.4, 0.5) is 0 Å². The number of phenols is 3. The molecule has 1 aliphatic rings. The van der Waals surface area contributed by atoms with Gasteiger partial charge in [0.25, 0.3) is 0 Å². The lowest BCUT2D eigenvalue weighted by atomic mass is 9.91. The molecule has 0 radical (unpaired) electrons. The number of phenolic OH excluding ortho intramolecular Hbond substituents is 3. The van der Waals surface area contributed by atoms with Crippen LogP contribution in [0.25, 0.3) is 0 Å². The molecule has 0 aromatic heterocycles. The van der Waals surface area contributed by atoms with E-state index in [0.717, 1.165) is 24.8 Å². The second kappa shape index (κ2) is 11.1. The summed E-state index contributed by atoms with van der Waals surface area (Å²) >= 11 is 0. The maximum absolute atomic E-state index is 12.8. The van der Waals surface area contributed by atoms with Gasteiger partial charge < -0.3 is 20.1 Å². The van der Waals surface area contributed by atoms with Gasteiger partial charge in [-0.05, 0) is 30.5 Å². The molecule has 0 aliphatic carbocycles. The highest BCUT2D eigenvalue weighted by molar-refractivity contribution is 6.03. The van der Waals surface area contributed by atoms with Crippen LogP contribution in [-0.2, 0) is 6.42 Å². The molecule has 0 unspecified atom stereocenters. The molecule has 0 spiro atoms. The van der Waals surface area contributed by atoms with Crippen molar-refractivity contribution in [1.29, 1.82) is 0 Å². The first-order valence-electron chi connectivity index (χ1n) is 11.6. The molecule has 5 heteroatoms. The normalized spacial score (nSPS) is 15.5. The fourth-order valence-electron chi connectivity index (χ4n) is 4.26. The molecule has 3 N–H and O–H groups in total. The number of hydrogen-bond donors (Lipinski definition) is 3. The third-order valence-corrected chi connectivity index (χ3v) is 6.04. The summed E-state index contributed by atoms with van der Waals surface area (Å²) in [7, 11) is 0. The quantitative estimate of drug-likeness (QED) is 0.353. The smallest absolute Gasteiger partial charge is 0.174 e. The number of unbranched alkanes of at least 4 members (excludes halogenated alkanes) is 8. The van der Waals surface area contributed by atoms with Crippen molar-refractivity contribution in [3.63, 3.8) is 0 Å². The van der Waals surface area contributed by atoms with Gasteiger partial charge in [-0.3, -0.25) is 4.79 Å². The molecule has 0 saturated carbocycles. The largest absolute Gasteiger partial charge is 0.508 e. The molecule has 0 fully saturated rings. The molecule has 2 aromatic rings. The molecule has 168 valence electrons. The van der Waals surface area contributed by atoms with Crippen molar-refractivity contribution in [2.24, 2.45) is 0 Å². The maximum atomic E-state index is 12.8. The Bertz CT molecular complexity index is 872. The van der Waals surface area contributed by atoms with E-state index in [1.807, 2.05) is 0 Å². The molecule has 1 aliphatic heterocycles. The van der Waals surface area contributed by atoms with Gasteiger partial charge in [0.1, 0.15) is 34.7 Å². The summed E-state index contributed by atoms with van der Waals surface area (Å²) in [5.74, 6) is -0.0309. The van der Waals surface area contributed by atoms with Gasteiger partial charge in [0.2, 0.25) is 0 Å². The lowest BCUT2D eigenvalue weighted by Gasteiger charge is -2.28. The second-order valence-electron chi connectivity index (χ2n) is 8.50. The second-order valence-corrected chi connectivity index (χ2v) is 8.50. The zero-order valence-corrected chi connectivity index (χ0v) is 18.4.